The van der Waals surface area contributed by atoms with Gasteiger partial charge in [-0.2, -0.15) is 0 Å². The molecule has 1 heterocycles. The van der Waals surface area contributed by atoms with E-state index in [0.717, 1.165) is 19.5 Å². The monoisotopic (exact) mass is 357 g/mol. The molecule has 0 radical (unpaired) electrons. The number of nitrogens with one attached hydrogen (secondary N) is 1. The van der Waals surface area contributed by atoms with Crippen LogP contribution in [0.25, 0.3) is 0 Å². The van der Waals surface area contributed by atoms with Crippen molar-refractivity contribution in [3.05, 3.63) is 27.2 Å². The Balaban J connectivity index is 0.00000200. The normalized spacial score (nSPS) is 18.7. The van der Waals surface area contributed by atoms with Crippen LogP contribution in [0.5, 0.6) is 0 Å². The zero-order valence-electron chi connectivity index (χ0n) is 10.5. The number of benzene rings is 1. The van der Waals surface area contributed by atoms with Crippen molar-refractivity contribution < 1.29 is 4.79 Å². The van der Waals surface area contributed by atoms with Crippen molar-refractivity contribution in [3.8, 4) is 0 Å². The van der Waals surface area contributed by atoms with E-state index in [2.05, 4.69) is 5.32 Å². The van der Waals surface area contributed by atoms with Crippen LogP contribution in [0.3, 0.4) is 0 Å². The zero-order valence-corrected chi connectivity index (χ0v) is 13.6. The van der Waals surface area contributed by atoms with E-state index in [9.17, 15) is 4.79 Å². The number of carbonyl (C=O) groups is 1. The van der Waals surface area contributed by atoms with E-state index in [1.165, 1.54) is 12.1 Å². The van der Waals surface area contributed by atoms with Gasteiger partial charge in [0.25, 0.3) is 0 Å². The third kappa shape index (κ3) is 4.65. The Kier molecular flexibility index (Phi) is 6.85. The third-order valence-electron chi connectivity index (χ3n) is 2.95. The largest absolute Gasteiger partial charge is 0.326 e. The van der Waals surface area contributed by atoms with Crippen molar-refractivity contribution in [1.82, 2.24) is 4.90 Å². The number of halogens is 4. The summed E-state index contributed by atoms with van der Waals surface area (Å²) in [5.41, 5.74) is 6.18. The Morgan fingerprint density at radius 2 is 1.95 bits per heavy atom. The fourth-order valence-electron chi connectivity index (χ4n) is 2.05. The number of amides is 1. The lowest BCUT2D eigenvalue weighted by Gasteiger charge is -2.16. The summed E-state index contributed by atoms with van der Waals surface area (Å²) in [6.45, 7) is 1.84. The molecule has 0 aromatic heterocycles. The van der Waals surface area contributed by atoms with Crippen molar-refractivity contribution in [2.45, 2.75) is 12.5 Å². The number of rotatable bonds is 3. The van der Waals surface area contributed by atoms with E-state index in [1.807, 2.05) is 4.90 Å². The SMILES string of the molecule is Cl.N[C@@H]1CCN(CC(=O)Nc2c(Cl)cc(Cl)cc2Cl)C1. The summed E-state index contributed by atoms with van der Waals surface area (Å²) in [6, 6.07) is 3.22. The molecule has 1 aromatic rings. The molecule has 1 saturated heterocycles. The predicted octanol–water partition coefficient (Wildman–Crippen LogP) is 3.04. The van der Waals surface area contributed by atoms with Gasteiger partial charge in [0.1, 0.15) is 0 Å². The molecule has 0 unspecified atom stereocenters. The average molecular weight is 359 g/mol. The van der Waals surface area contributed by atoms with Gasteiger partial charge in [-0.15, -0.1) is 12.4 Å². The molecule has 0 spiro atoms. The standard InChI is InChI=1S/C12H14Cl3N3O.ClH/c13-7-3-9(14)12(10(15)4-7)17-11(19)6-18-2-1-8(16)5-18;/h3-4,8H,1-2,5-6,16H2,(H,17,19);1H/t8-;/m1./s1. The molecule has 2 rings (SSSR count). The summed E-state index contributed by atoms with van der Waals surface area (Å²) < 4.78 is 0. The zero-order chi connectivity index (χ0) is 14.0. The minimum absolute atomic E-state index is 0. The number of hydrogen-bond donors (Lipinski definition) is 2. The molecule has 1 aromatic carbocycles. The minimum Gasteiger partial charge on any atom is -0.326 e. The minimum atomic E-state index is -0.166. The molecule has 3 N–H and O–H groups in total. The first-order valence-corrected chi connectivity index (χ1v) is 7.01. The second kappa shape index (κ2) is 7.69. The van der Waals surface area contributed by atoms with Gasteiger partial charge >= 0.3 is 0 Å². The fraction of sp³-hybridized carbons (Fsp3) is 0.417. The molecule has 8 heteroatoms. The van der Waals surface area contributed by atoms with Crippen LogP contribution < -0.4 is 11.1 Å². The van der Waals surface area contributed by atoms with Crippen molar-refractivity contribution >= 4 is 58.8 Å². The number of hydrogen-bond acceptors (Lipinski definition) is 3. The smallest absolute Gasteiger partial charge is 0.238 e. The van der Waals surface area contributed by atoms with Gasteiger partial charge in [-0.25, -0.2) is 0 Å². The molecule has 112 valence electrons. The first-order valence-electron chi connectivity index (χ1n) is 5.88. The number of nitrogens with two attached hydrogens (primary N) is 1. The van der Waals surface area contributed by atoms with Crippen LogP contribution in [-0.2, 0) is 4.79 Å². The highest BCUT2D eigenvalue weighted by Gasteiger charge is 2.21. The maximum atomic E-state index is 11.9. The molecule has 4 nitrogen and oxygen atoms in total. The molecule has 0 saturated carbocycles. The van der Waals surface area contributed by atoms with Crippen LogP contribution in [0.2, 0.25) is 15.1 Å². The Hall–Kier alpha value is -0.230. The molecule has 0 aliphatic carbocycles. The lowest BCUT2D eigenvalue weighted by Crippen LogP contribution is -2.33. The number of nitrogens with zero attached hydrogens (tertiary/aromatic N) is 1. The summed E-state index contributed by atoms with van der Waals surface area (Å²) in [5, 5.41) is 3.78. The lowest BCUT2D eigenvalue weighted by atomic mass is 10.3. The van der Waals surface area contributed by atoms with Gasteiger partial charge in [0.15, 0.2) is 0 Å². The lowest BCUT2D eigenvalue weighted by molar-refractivity contribution is -0.117. The molecule has 20 heavy (non-hydrogen) atoms. The van der Waals surface area contributed by atoms with Gasteiger partial charge in [0.05, 0.1) is 22.3 Å². The van der Waals surface area contributed by atoms with E-state index < -0.39 is 0 Å². The molecule has 1 amide bonds. The quantitative estimate of drug-likeness (QED) is 0.872. The summed E-state index contributed by atoms with van der Waals surface area (Å²) in [7, 11) is 0. The van der Waals surface area contributed by atoms with Gasteiger partial charge in [-0.05, 0) is 18.6 Å². The molecule has 1 fully saturated rings. The number of carbonyl (C=O) groups excluding carboxylic acids is 1. The van der Waals surface area contributed by atoms with Crippen LogP contribution in [0.15, 0.2) is 12.1 Å². The molecule has 1 aliphatic heterocycles. The summed E-state index contributed by atoms with van der Waals surface area (Å²) in [4.78, 5) is 13.9. The topological polar surface area (TPSA) is 58.4 Å². The number of likely N-dealkylation sites (tertiary alicyclic amines) is 1. The summed E-state index contributed by atoms with van der Waals surface area (Å²) in [6.07, 6.45) is 0.912. The van der Waals surface area contributed by atoms with Crippen molar-refractivity contribution in [2.75, 3.05) is 25.0 Å². The summed E-state index contributed by atoms with van der Waals surface area (Å²) in [5.74, 6) is -0.166. The van der Waals surface area contributed by atoms with Crippen LogP contribution in [0, 0.1) is 0 Å². The van der Waals surface area contributed by atoms with Crippen LogP contribution in [-0.4, -0.2) is 36.5 Å². The van der Waals surface area contributed by atoms with Gasteiger partial charge < -0.3 is 11.1 Å². The van der Waals surface area contributed by atoms with Crippen LogP contribution >= 0.6 is 47.2 Å². The van der Waals surface area contributed by atoms with E-state index in [0.29, 0.717) is 20.8 Å². The van der Waals surface area contributed by atoms with Gasteiger partial charge in [0.2, 0.25) is 5.91 Å². The predicted molar refractivity (Wildman–Crippen MR) is 86.4 cm³/mol. The Bertz CT molecular complexity index is 475. The molecule has 0 bridgehead atoms. The van der Waals surface area contributed by atoms with Crippen molar-refractivity contribution in [2.24, 2.45) is 5.73 Å². The average Bonchev–Trinajstić information content (AvgIpc) is 2.69. The van der Waals surface area contributed by atoms with E-state index in [4.69, 9.17) is 40.5 Å². The highest BCUT2D eigenvalue weighted by molar-refractivity contribution is 6.42. The molecular weight excluding hydrogens is 344 g/mol. The highest BCUT2D eigenvalue weighted by atomic mass is 35.5. The highest BCUT2D eigenvalue weighted by Crippen LogP contribution is 2.33. The fourth-order valence-corrected chi connectivity index (χ4v) is 2.96. The summed E-state index contributed by atoms with van der Waals surface area (Å²) >= 11 is 17.8. The third-order valence-corrected chi connectivity index (χ3v) is 3.76. The molecule has 1 aliphatic rings. The van der Waals surface area contributed by atoms with Gasteiger partial charge in [-0.3, -0.25) is 9.69 Å². The van der Waals surface area contributed by atoms with Crippen molar-refractivity contribution in [1.29, 1.82) is 0 Å². The van der Waals surface area contributed by atoms with Gasteiger partial charge in [-0.1, -0.05) is 34.8 Å². The Labute approximate surface area is 138 Å². The molecule has 1 atom stereocenters. The molecular formula is C12H15Cl4N3O. The maximum absolute atomic E-state index is 11.9. The van der Waals surface area contributed by atoms with Gasteiger partial charge in [0, 0.05) is 24.2 Å². The van der Waals surface area contributed by atoms with E-state index in [-0.39, 0.29) is 30.9 Å². The number of anilines is 1. The van der Waals surface area contributed by atoms with Crippen LogP contribution in [0.1, 0.15) is 6.42 Å². The van der Waals surface area contributed by atoms with Crippen molar-refractivity contribution in [3.63, 3.8) is 0 Å². The second-order valence-electron chi connectivity index (χ2n) is 4.58. The Morgan fingerprint density at radius 1 is 1.35 bits per heavy atom. The second-order valence-corrected chi connectivity index (χ2v) is 5.83. The van der Waals surface area contributed by atoms with Crippen LogP contribution in [0.4, 0.5) is 5.69 Å². The Morgan fingerprint density at radius 3 is 2.45 bits per heavy atom. The first kappa shape index (κ1) is 17.8. The van der Waals surface area contributed by atoms with E-state index >= 15 is 0 Å². The van der Waals surface area contributed by atoms with E-state index in [1.54, 1.807) is 0 Å². The maximum Gasteiger partial charge on any atom is 0.238 e. The first-order chi connectivity index (χ1) is 8.95.